The van der Waals surface area contributed by atoms with Crippen LogP contribution in [0.25, 0.3) is 0 Å². The fourth-order valence-corrected chi connectivity index (χ4v) is 6.14. The van der Waals surface area contributed by atoms with Crippen LogP contribution >= 0.6 is 0 Å². The van der Waals surface area contributed by atoms with E-state index in [9.17, 15) is 13.2 Å². The summed E-state index contributed by atoms with van der Waals surface area (Å²) in [5, 5.41) is 4.16. The van der Waals surface area contributed by atoms with Gasteiger partial charge in [0.05, 0.1) is 5.56 Å². The summed E-state index contributed by atoms with van der Waals surface area (Å²) in [4.78, 5) is 8.90. The van der Waals surface area contributed by atoms with Crippen molar-refractivity contribution >= 4 is 11.6 Å². The Morgan fingerprint density at radius 2 is 1.66 bits per heavy atom. The molecule has 0 aliphatic heterocycles. The molecule has 2 aromatic carbocycles. The highest BCUT2D eigenvalue weighted by Gasteiger charge is 2.31. The zero-order valence-corrected chi connectivity index (χ0v) is 22.6. The number of benzene rings is 2. The molecule has 0 unspecified atom stereocenters. The number of aromatic nitrogens is 2. The van der Waals surface area contributed by atoms with Crippen molar-refractivity contribution < 1.29 is 17.7 Å². The first-order valence-electron chi connectivity index (χ1n) is 13.8. The van der Waals surface area contributed by atoms with E-state index in [1.807, 2.05) is 4.90 Å². The second-order valence-corrected chi connectivity index (χ2v) is 11.0. The minimum absolute atomic E-state index is 0.245. The van der Waals surface area contributed by atoms with Gasteiger partial charge in [-0.2, -0.15) is 18.2 Å². The van der Waals surface area contributed by atoms with Crippen LogP contribution in [0.5, 0.6) is 0 Å². The van der Waals surface area contributed by atoms with Gasteiger partial charge in [-0.15, -0.1) is 0 Å². The minimum atomic E-state index is -4.40. The SMILES string of the molecule is CCN(CC1CCCC1)c1cc2c(cc1CN(Cc1cc(C)cc(C(F)(F)F)c1)c1noc(C)n1)CCC2. The molecule has 0 spiro atoms. The van der Waals surface area contributed by atoms with E-state index in [-0.39, 0.29) is 6.54 Å². The molecule has 1 fully saturated rings. The first kappa shape index (κ1) is 26.6. The summed E-state index contributed by atoms with van der Waals surface area (Å²) in [5.74, 6) is 1.53. The van der Waals surface area contributed by atoms with Gasteiger partial charge in [0.2, 0.25) is 5.89 Å². The number of anilines is 2. The Kier molecular flexibility index (Phi) is 7.68. The van der Waals surface area contributed by atoms with E-state index in [1.54, 1.807) is 19.9 Å². The normalized spacial score (nSPS) is 15.7. The van der Waals surface area contributed by atoms with Crippen LogP contribution in [0.1, 0.15) is 78.3 Å². The van der Waals surface area contributed by atoms with Crippen molar-refractivity contribution in [3.8, 4) is 0 Å². The third-order valence-electron chi connectivity index (χ3n) is 7.97. The number of hydrogen-bond acceptors (Lipinski definition) is 5. The average Bonchev–Trinajstić information content (AvgIpc) is 3.63. The maximum Gasteiger partial charge on any atom is 0.416 e. The maximum absolute atomic E-state index is 13.6. The molecule has 204 valence electrons. The summed E-state index contributed by atoms with van der Waals surface area (Å²) < 4.78 is 46.0. The van der Waals surface area contributed by atoms with E-state index in [2.05, 4.69) is 34.1 Å². The minimum Gasteiger partial charge on any atom is -0.371 e. The quantitative estimate of drug-likeness (QED) is 0.290. The van der Waals surface area contributed by atoms with E-state index in [1.165, 1.54) is 54.6 Å². The molecule has 0 bridgehead atoms. The number of halogens is 3. The molecule has 2 aliphatic rings. The number of nitrogens with zero attached hydrogens (tertiary/aromatic N) is 4. The number of hydrogen-bond donors (Lipinski definition) is 0. The van der Waals surface area contributed by atoms with Gasteiger partial charge in [-0.3, -0.25) is 0 Å². The Morgan fingerprint density at radius 1 is 0.921 bits per heavy atom. The highest BCUT2D eigenvalue weighted by molar-refractivity contribution is 5.60. The van der Waals surface area contributed by atoms with Gasteiger partial charge in [0, 0.05) is 38.8 Å². The van der Waals surface area contributed by atoms with Crippen LogP contribution in [0, 0.1) is 19.8 Å². The zero-order valence-electron chi connectivity index (χ0n) is 22.6. The Hall–Kier alpha value is -3.03. The van der Waals surface area contributed by atoms with Gasteiger partial charge in [-0.05, 0) is 97.5 Å². The fourth-order valence-electron chi connectivity index (χ4n) is 6.14. The molecular weight excluding hydrogens is 489 g/mol. The molecule has 38 heavy (non-hydrogen) atoms. The lowest BCUT2D eigenvalue weighted by atomic mass is 10.0. The summed E-state index contributed by atoms with van der Waals surface area (Å²) in [6.45, 7) is 8.31. The second kappa shape index (κ2) is 11.0. The lowest BCUT2D eigenvalue weighted by molar-refractivity contribution is -0.137. The molecule has 8 heteroatoms. The van der Waals surface area contributed by atoms with Crippen LogP contribution in [-0.4, -0.2) is 23.2 Å². The Labute approximate surface area is 223 Å². The van der Waals surface area contributed by atoms with E-state index in [0.29, 0.717) is 35.4 Å². The van der Waals surface area contributed by atoms with Gasteiger partial charge in [0.1, 0.15) is 0 Å². The van der Waals surface area contributed by atoms with Crippen molar-refractivity contribution in [2.45, 2.75) is 85.0 Å². The van der Waals surface area contributed by atoms with Crippen molar-refractivity contribution in [3.05, 3.63) is 69.6 Å². The summed E-state index contributed by atoms with van der Waals surface area (Å²) >= 11 is 0. The Bertz CT molecular complexity index is 1260. The summed E-state index contributed by atoms with van der Waals surface area (Å²) in [6.07, 6.45) is 4.08. The highest BCUT2D eigenvalue weighted by atomic mass is 19.4. The van der Waals surface area contributed by atoms with E-state index >= 15 is 0 Å². The van der Waals surface area contributed by atoms with Gasteiger partial charge >= 0.3 is 6.18 Å². The fraction of sp³-hybridized carbons (Fsp3) is 0.533. The maximum atomic E-state index is 13.6. The second-order valence-electron chi connectivity index (χ2n) is 11.0. The van der Waals surface area contributed by atoms with Crippen molar-refractivity contribution in [1.82, 2.24) is 10.1 Å². The molecule has 5 nitrogen and oxygen atoms in total. The van der Waals surface area contributed by atoms with Gasteiger partial charge in [-0.25, -0.2) is 0 Å². The highest BCUT2D eigenvalue weighted by Crippen LogP contribution is 2.35. The van der Waals surface area contributed by atoms with E-state index < -0.39 is 11.7 Å². The summed E-state index contributed by atoms with van der Waals surface area (Å²) in [6, 6.07) is 8.90. The lowest BCUT2D eigenvalue weighted by Gasteiger charge is -2.31. The number of fused-ring (bicyclic) bond motifs is 1. The van der Waals surface area contributed by atoms with E-state index in [0.717, 1.165) is 37.9 Å². The van der Waals surface area contributed by atoms with Crippen LogP contribution in [0.4, 0.5) is 24.8 Å². The third-order valence-corrected chi connectivity index (χ3v) is 7.97. The molecular formula is C30H37F3N4O. The standard InChI is InChI=1S/C30H37F3N4O/c1-4-36(17-22-8-5-6-9-22)28-16-25-11-7-10-24(25)15-26(28)19-37(29-34-21(3)38-35-29)18-23-12-20(2)13-27(14-23)30(31,32)33/h12-16,22H,4-11,17-19H2,1-3H3. The molecule has 1 heterocycles. The third kappa shape index (κ3) is 6.00. The van der Waals surface area contributed by atoms with E-state index in [4.69, 9.17) is 4.52 Å². The number of aryl methyl sites for hydroxylation is 4. The van der Waals surface area contributed by atoms with Crippen LogP contribution in [0.2, 0.25) is 0 Å². The van der Waals surface area contributed by atoms with Crippen molar-refractivity contribution in [2.24, 2.45) is 5.92 Å². The molecule has 3 aromatic rings. The van der Waals surface area contributed by atoms with Crippen LogP contribution in [-0.2, 0) is 32.1 Å². The Morgan fingerprint density at radius 3 is 2.32 bits per heavy atom. The molecule has 1 aromatic heterocycles. The molecule has 5 rings (SSSR count). The van der Waals surface area contributed by atoms with Crippen LogP contribution in [0.15, 0.2) is 34.9 Å². The van der Waals surface area contributed by atoms with Gasteiger partial charge in [-0.1, -0.05) is 30.5 Å². The molecule has 0 amide bonds. The molecule has 1 saturated carbocycles. The average molecular weight is 527 g/mol. The zero-order chi connectivity index (χ0) is 26.9. The predicted molar refractivity (Wildman–Crippen MR) is 143 cm³/mol. The molecule has 0 atom stereocenters. The van der Waals surface area contributed by atoms with Gasteiger partial charge < -0.3 is 14.3 Å². The van der Waals surface area contributed by atoms with Crippen molar-refractivity contribution in [1.29, 1.82) is 0 Å². The molecule has 0 N–H and O–H groups in total. The molecule has 0 radical (unpaired) electrons. The topological polar surface area (TPSA) is 45.4 Å². The van der Waals surface area contributed by atoms with Crippen LogP contribution < -0.4 is 9.80 Å². The van der Waals surface area contributed by atoms with Gasteiger partial charge in [0.15, 0.2) is 0 Å². The molecule has 2 aliphatic carbocycles. The summed E-state index contributed by atoms with van der Waals surface area (Å²) in [7, 11) is 0. The van der Waals surface area contributed by atoms with Gasteiger partial charge in [0.25, 0.3) is 5.95 Å². The smallest absolute Gasteiger partial charge is 0.371 e. The monoisotopic (exact) mass is 526 g/mol. The predicted octanol–water partition coefficient (Wildman–Crippen LogP) is 7.42. The first-order chi connectivity index (χ1) is 18.2. The number of alkyl halides is 3. The lowest BCUT2D eigenvalue weighted by Crippen LogP contribution is -2.31. The van der Waals surface area contributed by atoms with Crippen molar-refractivity contribution in [3.63, 3.8) is 0 Å². The summed E-state index contributed by atoms with van der Waals surface area (Å²) in [5.41, 5.74) is 5.70. The largest absolute Gasteiger partial charge is 0.416 e. The molecule has 0 saturated heterocycles. The van der Waals surface area contributed by atoms with Crippen molar-refractivity contribution in [2.75, 3.05) is 22.9 Å². The Balaban J connectivity index is 1.51. The first-order valence-corrected chi connectivity index (χ1v) is 13.8. The van der Waals surface area contributed by atoms with Crippen LogP contribution in [0.3, 0.4) is 0 Å². The number of rotatable bonds is 9.